The highest BCUT2D eigenvalue weighted by Crippen LogP contribution is 2.22. The minimum Gasteiger partial charge on any atom is -0.382 e. The van der Waals surface area contributed by atoms with Crippen LogP contribution < -0.4 is 10.6 Å². The minimum atomic E-state index is 0.567. The molecule has 0 amide bonds. The first-order valence-electron chi connectivity index (χ1n) is 7.24. The van der Waals surface area contributed by atoms with E-state index in [9.17, 15) is 0 Å². The Morgan fingerprint density at radius 2 is 1.67 bits per heavy atom. The molecule has 2 N–H and O–H groups in total. The van der Waals surface area contributed by atoms with Crippen molar-refractivity contribution in [2.24, 2.45) is 5.92 Å². The maximum absolute atomic E-state index is 3.65. The van der Waals surface area contributed by atoms with E-state index < -0.39 is 0 Å². The minimum absolute atomic E-state index is 0.567. The fourth-order valence-corrected chi connectivity index (χ4v) is 2.69. The van der Waals surface area contributed by atoms with Crippen LogP contribution in [0, 0.1) is 5.92 Å². The van der Waals surface area contributed by atoms with Crippen LogP contribution in [0.1, 0.15) is 45.1 Å². The van der Waals surface area contributed by atoms with Crippen LogP contribution in [0.25, 0.3) is 0 Å². The summed E-state index contributed by atoms with van der Waals surface area (Å²) in [7, 11) is 0. The Kier molecular flexibility index (Phi) is 4.65. The van der Waals surface area contributed by atoms with Crippen LogP contribution in [0.15, 0.2) is 24.3 Å². The van der Waals surface area contributed by atoms with E-state index in [2.05, 4.69) is 55.7 Å². The highest BCUT2D eigenvalue weighted by Gasteiger charge is 2.19. The molecule has 2 nitrogen and oxygen atoms in total. The van der Waals surface area contributed by atoms with Crippen molar-refractivity contribution in [1.82, 2.24) is 5.32 Å². The van der Waals surface area contributed by atoms with Gasteiger partial charge in [-0.25, -0.2) is 0 Å². The second-order valence-corrected chi connectivity index (χ2v) is 5.80. The molecular formula is C16H26N2. The molecule has 100 valence electrons. The molecule has 1 aromatic rings. The van der Waals surface area contributed by atoms with E-state index in [1.807, 2.05) is 0 Å². The van der Waals surface area contributed by atoms with E-state index in [0.717, 1.165) is 5.92 Å². The first-order valence-corrected chi connectivity index (χ1v) is 7.24. The molecule has 18 heavy (non-hydrogen) atoms. The number of anilines is 1. The molecular weight excluding hydrogens is 220 g/mol. The standard InChI is InChI=1S/C16H26N2/c1-12(2)14-4-6-16(7-5-14)18-13(3)15-8-10-17-11-9-15/h4-7,12-13,15,17-18H,8-11H2,1-3H3. The number of hydrogen-bond donors (Lipinski definition) is 2. The third-order valence-electron chi connectivity index (χ3n) is 4.06. The van der Waals surface area contributed by atoms with Crippen molar-refractivity contribution in [2.45, 2.75) is 45.6 Å². The van der Waals surface area contributed by atoms with E-state index in [0.29, 0.717) is 12.0 Å². The third kappa shape index (κ3) is 3.49. The van der Waals surface area contributed by atoms with Gasteiger partial charge in [-0.05, 0) is 62.4 Å². The third-order valence-corrected chi connectivity index (χ3v) is 4.06. The molecule has 1 heterocycles. The number of rotatable bonds is 4. The Hall–Kier alpha value is -1.02. The summed E-state index contributed by atoms with van der Waals surface area (Å²) in [5.41, 5.74) is 2.67. The predicted molar refractivity (Wildman–Crippen MR) is 79.2 cm³/mol. The van der Waals surface area contributed by atoms with E-state index in [4.69, 9.17) is 0 Å². The summed E-state index contributed by atoms with van der Waals surface area (Å²) < 4.78 is 0. The van der Waals surface area contributed by atoms with Crippen molar-refractivity contribution in [3.63, 3.8) is 0 Å². The molecule has 2 rings (SSSR count). The van der Waals surface area contributed by atoms with Gasteiger partial charge in [0.1, 0.15) is 0 Å². The van der Waals surface area contributed by atoms with Crippen molar-refractivity contribution in [1.29, 1.82) is 0 Å². The smallest absolute Gasteiger partial charge is 0.0342 e. The summed E-state index contributed by atoms with van der Waals surface area (Å²) in [6, 6.07) is 9.47. The lowest BCUT2D eigenvalue weighted by Gasteiger charge is -2.29. The molecule has 1 aromatic carbocycles. The zero-order chi connectivity index (χ0) is 13.0. The molecule has 0 aromatic heterocycles. The van der Waals surface area contributed by atoms with E-state index >= 15 is 0 Å². The summed E-state index contributed by atoms with van der Waals surface area (Å²) in [4.78, 5) is 0. The SMILES string of the molecule is CC(C)c1ccc(NC(C)C2CCNCC2)cc1. The molecule has 1 atom stereocenters. The summed E-state index contributed by atoms with van der Waals surface area (Å²) >= 11 is 0. The maximum atomic E-state index is 3.65. The van der Waals surface area contributed by atoms with Gasteiger partial charge in [0, 0.05) is 11.7 Å². The topological polar surface area (TPSA) is 24.1 Å². The van der Waals surface area contributed by atoms with Crippen molar-refractivity contribution in [3.05, 3.63) is 29.8 Å². The number of benzene rings is 1. The molecule has 0 aliphatic carbocycles. The van der Waals surface area contributed by atoms with Crippen LogP contribution >= 0.6 is 0 Å². The van der Waals surface area contributed by atoms with E-state index in [1.54, 1.807) is 0 Å². The Morgan fingerprint density at radius 3 is 2.22 bits per heavy atom. The van der Waals surface area contributed by atoms with Gasteiger partial charge in [0.2, 0.25) is 0 Å². The van der Waals surface area contributed by atoms with Gasteiger partial charge >= 0.3 is 0 Å². The molecule has 2 heteroatoms. The second kappa shape index (κ2) is 6.24. The van der Waals surface area contributed by atoms with Crippen LogP contribution in [-0.4, -0.2) is 19.1 Å². The van der Waals surface area contributed by atoms with Gasteiger partial charge in [-0.15, -0.1) is 0 Å². The number of hydrogen-bond acceptors (Lipinski definition) is 2. The molecule has 1 unspecified atom stereocenters. The van der Waals surface area contributed by atoms with Crippen molar-refractivity contribution >= 4 is 5.69 Å². The normalized spacial score (nSPS) is 18.9. The van der Waals surface area contributed by atoms with Crippen LogP contribution in [0.3, 0.4) is 0 Å². The van der Waals surface area contributed by atoms with Gasteiger partial charge in [0.05, 0.1) is 0 Å². The molecule has 0 bridgehead atoms. The predicted octanol–water partition coefficient (Wildman–Crippen LogP) is 3.61. The Balaban J connectivity index is 1.91. The maximum Gasteiger partial charge on any atom is 0.0342 e. The summed E-state index contributed by atoms with van der Waals surface area (Å²) in [6.07, 6.45) is 2.58. The average molecular weight is 246 g/mol. The Labute approximate surface area is 111 Å². The first kappa shape index (κ1) is 13.4. The Morgan fingerprint density at radius 1 is 1.06 bits per heavy atom. The van der Waals surface area contributed by atoms with Crippen molar-refractivity contribution < 1.29 is 0 Å². The monoisotopic (exact) mass is 246 g/mol. The van der Waals surface area contributed by atoms with Crippen LogP contribution in [0.4, 0.5) is 5.69 Å². The molecule has 0 radical (unpaired) electrons. The number of nitrogens with one attached hydrogen (secondary N) is 2. The van der Waals surface area contributed by atoms with Crippen molar-refractivity contribution in [2.75, 3.05) is 18.4 Å². The van der Waals surface area contributed by atoms with Gasteiger partial charge in [-0.3, -0.25) is 0 Å². The second-order valence-electron chi connectivity index (χ2n) is 5.80. The highest BCUT2D eigenvalue weighted by atomic mass is 14.9. The van der Waals surface area contributed by atoms with Crippen molar-refractivity contribution in [3.8, 4) is 0 Å². The molecule has 1 fully saturated rings. The van der Waals surface area contributed by atoms with Gasteiger partial charge in [0.15, 0.2) is 0 Å². The lowest BCUT2D eigenvalue weighted by atomic mass is 9.91. The molecule has 1 saturated heterocycles. The largest absolute Gasteiger partial charge is 0.382 e. The lowest BCUT2D eigenvalue weighted by molar-refractivity contribution is 0.343. The van der Waals surface area contributed by atoms with E-state index in [1.165, 1.54) is 37.2 Å². The first-order chi connectivity index (χ1) is 8.66. The quantitative estimate of drug-likeness (QED) is 0.848. The highest BCUT2D eigenvalue weighted by molar-refractivity contribution is 5.46. The van der Waals surface area contributed by atoms with E-state index in [-0.39, 0.29) is 0 Å². The Bertz CT molecular complexity index is 350. The fraction of sp³-hybridized carbons (Fsp3) is 0.625. The van der Waals surface area contributed by atoms with Crippen LogP contribution in [0.2, 0.25) is 0 Å². The van der Waals surface area contributed by atoms with Crippen LogP contribution in [-0.2, 0) is 0 Å². The summed E-state index contributed by atoms with van der Waals surface area (Å²) in [6.45, 7) is 9.12. The summed E-state index contributed by atoms with van der Waals surface area (Å²) in [5, 5.41) is 7.08. The van der Waals surface area contributed by atoms with Gasteiger partial charge in [-0.1, -0.05) is 26.0 Å². The summed E-state index contributed by atoms with van der Waals surface area (Å²) in [5.74, 6) is 1.41. The molecule has 0 saturated carbocycles. The molecule has 1 aliphatic rings. The molecule has 0 spiro atoms. The van der Waals surface area contributed by atoms with Gasteiger partial charge in [-0.2, -0.15) is 0 Å². The zero-order valence-corrected chi connectivity index (χ0v) is 11.9. The van der Waals surface area contributed by atoms with Gasteiger partial charge < -0.3 is 10.6 Å². The molecule has 1 aliphatic heterocycles. The lowest BCUT2D eigenvalue weighted by Crippen LogP contribution is -2.36. The number of piperidine rings is 1. The zero-order valence-electron chi connectivity index (χ0n) is 11.9. The fourth-order valence-electron chi connectivity index (χ4n) is 2.69. The van der Waals surface area contributed by atoms with Gasteiger partial charge in [0.25, 0.3) is 0 Å². The van der Waals surface area contributed by atoms with Crippen LogP contribution in [0.5, 0.6) is 0 Å². The average Bonchev–Trinajstić information content (AvgIpc) is 2.40.